The number of hydrogen-bond acceptors (Lipinski definition) is 3. The summed E-state index contributed by atoms with van der Waals surface area (Å²) < 4.78 is 36.0. The van der Waals surface area contributed by atoms with E-state index in [1.54, 1.807) is 24.3 Å². The third kappa shape index (κ3) is 4.11. The van der Waals surface area contributed by atoms with Crippen molar-refractivity contribution in [2.24, 2.45) is 5.14 Å². The molecular formula is C14H13FN2O3S. The zero-order valence-electron chi connectivity index (χ0n) is 10.9. The summed E-state index contributed by atoms with van der Waals surface area (Å²) in [6.45, 7) is 0. The lowest BCUT2D eigenvalue weighted by Gasteiger charge is -2.10. The summed E-state index contributed by atoms with van der Waals surface area (Å²) in [7, 11) is -4.05. The summed E-state index contributed by atoms with van der Waals surface area (Å²) in [5, 5.41) is 7.40. The highest BCUT2D eigenvalue weighted by atomic mass is 32.2. The largest absolute Gasteiger partial charge is 0.325 e. The van der Waals surface area contributed by atoms with Crippen LogP contribution in [0.15, 0.2) is 53.4 Å². The number of carbonyl (C=O) groups is 1. The minimum absolute atomic E-state index is 0.0431. The molecular weight excluding hydrogens is 295 g/mol. The van der Waals surface area contributed by atoms with E-state index in [2.05, 4.69) is 5.32 Å². The Morgan fingerprint density at radius 2 is 1.81 bits per heavy atom. The number of rotatable bonds is 4. The van der Waals surface area contributed by atoms with Crippen LogP contribution >= 0.6 is 0 Å². The first-order chi connectivity index (χ1) is 9.86. The number of nitrogens with two attached hydrogens (primary N) is 1. The van der Waals surface area contributed by atoms with E-state index in [-0.39, 0.29) is 17.0 Å². The maximum absolute atomic E-state index is 13.2. The predicted molar refractivity (Wildman–Crippen MR) is 76.5 cm³/mol. The quantitative estimate of drug-likeness (QED) is 0.900. The zero-order valence-corrected chi connectivity index (χ0v) is 11.7. The Hall–Kier alpha value is -2.25. The van der Waals surface area contributed by atoms with Crippen molar-refractivity contribution in [3.8, 4) is 0 Å². The third-order valence-corrected chi connectivity index (χ3v) is 3.70. The molecule has 3 N–H and O–H groups in total. The number of halogens is 1. The molecule has 2 aromatic carbocycles. The number of anilines is 1. The minimum Gasteiger partial charge on any atom is -0.325 e. The normalized spacial score (nSPS) is 11.1. The van der Waals surface area contributed by atoms with E-state index < -0.39 is 21.7 Å². The van der Waals surface area contributed by atoms with Gasteiger partial charge in [-0.05, 0) is 23.8 Å². The molecule has 0 unspecified atom stereocenters. The second kappa shape index (κ2) is 6.02. The number of hydrogen-bond donors (Lipinski definition) is 2. The number of carbonyl (C=O) groups excluding carboxylic acids is 1. The SMILES string of the molecule is NS(=O)(=O)c1ccc(F)cc1NC(=O)Cc1ccccc1. The van der Waals surface area contributed by atoms with E-state index >= 15 is 0 Å². The maximum atomic E-state index is 13.2. The van der Waals surface area contributed by atoms with Crippen LogP contribution in [0.4, 0.5) is 10.1 Å². The number of amides is 1. The summed E-state index contributed by atoms with van der Waals surface area (Å²) in [4.78, 5) is 11.6. The third-order valence-electron chi connectivity index (χ3n) is 2.73. The van der Waals surface area contributed by atoms with Gasteiger partial charge in [0.1, 0.15) is 10.7 Å². The molecule has 0 heterocycles. The Kier molecular flexibility index (Phi) is 4.35. The van der Waals surface area contributed by atoms with Gasteiger partial charge in [0.2, 0.25) is 15.9 Å². The van der Waals surface area contributed by atoms with Gasteiger partial charge < -0.3 is 5.32 Å². The van der Waals surface area contributed by atoms with Gasteiger partial charge in [0, 0.05) is 0 Å². The lowest BCUT2D eigenvalue weighted by atomic mass is 10.1. The summed E-state index contributed by atoms with van der Waals surface area (Å²) in [5.41, 5.74) is 0.585. The first kappa shape index (κ1) is 15.1. The molecule has 7 heteroatoms. The second-order valence-corrected chi connectivity index (χ2v) is 5.93. The Morgan fingerprint density at radius 1 is 1.14 bits per heavy atom. The zero-order chi connectivity index (χ0) is 15.5. The highest BCUT2D eigenvalue weighted by Gasteiger charge is 2.16. The standard InChI is InChI=1S/C14H13FN2O3S/c15-11-6-7-13(21(16,19)20)12(9-11)17-14(18)8-10-4-2-1-3-5-10/h1-7,9H,8H2,(H,17,18)(H2,16,19,20). The highest BCUT2D eigenvalue weighted by Crippen LogP contribution is 2.21. The molecule has 2 rings (SSSR count). The average molecular weight is 308 g/mol. The number of benzene rings is 2. The van der Waals surface area contributed by atoms with Crippen LogP contribution in [-0.4, -0.2) is 14.3 Å². The van der Waals surface area contributed by atoms with Gasteiger partial charge in [0.05, 0.1) is 12.1 Å². The Bertz CT molecular complexity index is 761. The molecule has 0 bridgehead atoms. The highest BCUT2D eigenvalue weighted by molar-refractivity contribution is 7.89. The van der Waals surface area contributed by atoms with Crippen LogP contribution in [0.2, 0.25) is 0 Å². The molecule has 0 spiro atoms. The van der Waals surface area contributed by atoms with Crippen LogP contribution < -0.4 is 10.5 Å². The molecule has 0 fully saturated rings. The fourth-order valence-electron chi connectivity index (χ4n) is 1.82. The van der Waals surface area contributed by atoms with Crippen LogP contribution in [0.1, 0.15) is 5.56 Å². The van der Waals surface area contributed by atoms with Crippen LogP contribution in [0.25, 0.3) is 0 Å². The summed E-state index contributed by atoms with van der Waals surface area (Å²) >= 11 is 0. The van der Waals surface area contributed by atoms with Crippen molar-refractivity contribution in [3.63, 3.8) is 0 Å². The molecule has 0 aromatic heterocycles. The van der Waals surface area contributed by atoms with Gasteiger partial charge >= 0.3 is 0 Å². The lowest BCUT2D eigenvalue weighted by molar-refractivity contribution is -0.115. The van der Waals surface area contributed by atoms with Gasteiger partial charge in [-0.1, -0.05) is 30.3 Å². The number of primary sulfonamides is 1. The van der Waals surface area contributed by atoms with Crippen LogP contribution in [0.5, 0.6) is 0 Å². The van der Waals surface area contributed by atoms with Crippen molar-refractivity contribution in [3.05, 3.63) is 59.9 Å². The monoisotopic (exact) mass is 308 g/mol. The van der Waals surface area contributed by atoms with Crippen molar-refractivity contribution in [1.82, 2.24) is 0 Å². The van der Waals surface area contributed by atoms with E-state index in [0.29, 0.717) is 0 Å². The number of nitrogens with one attached hydrogen (secondary N) is 1. The summed E-state index contributed by atoms with van der Waals surface area (Å²) in [6.07, 6.45) is 0.0431. The lowest BCUT2D eigenvalue weighted by Crippen LogP contribution is -2.19. The molecule has 0 aliphatic rings. The molecule has 21 heavy (non-hydrogen) atoms. The number of sulfonamides is 1. The van der Waals surface area contributed by atoms with Crippen molar-refractivity contribution in [2.45, 2.75) is 11.3 Å². The molecule has 2 aromatic rings. The van der Waals surface area contributed by atoms with Gasteiger partial charge in [-0.2, -0.15) is 0 Å². The van der Waals surface area contributed by atoms with Crippen LogP contribution in [-0.2, 0) is 21.2 Å². The molecule has 1 amide bonds. The molecule has 0 aliphatic carbocycles. The topological polar surface area (TPSA) is 89.3 Å². The Balaban J connectivity index is 2.23. The fraction of sp³-hybridized carbons (Fsp3) is 0.0714. The van der Waals surface area contributed by atoms with Gasteiger partial charge in [0.15, 0.2) is 0 Å². The van der Waals surface area contributed by atoms with E-state index in [4.69, 9.17) is 5.14 Å². The van der Waals surface area contributed by atoms with Crippen molar-refractivity contribution in [1.29, 1.82) is 0 Å². The molecule has 5 nitrogen and oxygen atoms in total. The van der Waals surface area contributed by atoms with Crippen LogP contribution in [0.3, 0.4) is 0 Å². The van der Waals surface area contributed by atoms with Gasteiger partial charge in [-0.25, -0.2) is 17.9 Å². The fourth-order valence-corrected chi connectivity index (χ4v) is 2.50. The first-order valence-corrected chi connectivity index (χ1v) is 7.57. The van der Waals surface area contributed by atoms with Gasteiger partial charge in [-0.15, -0.1) is 0 Å². The van der Waals surface area contributed by atoms with Crippen molar-refractivity contribution in [2.75, 3.05) is 5.32 Å². The first-order valence-electron chi connectivity index (χ1n) is 6.02. The Morgan fingerprint density at radius 3 is 2.43 bits per heavy atom. The van der Waals surface area contributed by atoms with E-state index in [1.807, 2.05) is 6.07 Å². The second-order valence-electron chi connectivity index (χ2n) is 4.40. The molecule has 0 saturated heterocycles. The smallest absolute Gasteiger partial charge is 0.240 e. The minimum atomic E-state index is -4.05. The molecule has 0 aliphatic heterocycles. The molecule has 110 valence electrons. The molecule has 0 saturated carbocycles. The summed E-state index contributed by atoms with van der Waals surface area (Å²) in [5.74, 6) is -1.13. The van der Waals surface area contributed by atoms with E-state index in [1.165, 1.54) is 0 Å². The predicted octanol–water partition coefficient (Wildman–Crippen LogP) is 1.65. The van der Waals surface area contributed by atoms with E-state index in [0.717, 1.165) is 23.8 Å². The van der Waals surface area contributed by atoms with Crippen molar-refractivity contribution < 1.29 is 17.6 Å². The van der Waals surface area contributed by atoms with E-state index in [9.17, 15) is 17.6 Å². The Labute approximate surface area is 121 Å². The summed E-state index contributed by atoms with van der Waals surface area (Å²) in [6, 6.07) is 11.8. The van der Waals surface area contributed by atoms with Gasteiger partial charge in [-0.3, -0.25) is 4.79 Å². The average Bonchev–Trinajstić information content (AvgIpc) is 2.38. The van der Waals surface area contributed by atoms with Gasteiger partial charge in [0.25, 0.3) is 0 Å². The molecule has 0 atom stereocenters. The molecule has 0 radical (unpaired) electrons. The van der Waals surface area contributed by atoms with Crippen molar-refractivity contribution >= 4 is 21.6 Å². The maximum Gasteiger partial charge on any atom is 0.240 e. The van der Waals surface area contributed by atoms with Crippen LogP contribution in [0, 0.1) is 5.82 Å².